The zero-order chi connectivity index (χ0) is 20.2. The number of imide groups is 1. The van der Waals surface area contributed by atoms with Crippen LogP contribution in [0.15, 0.2) is 30.3 Å². The third-order valence-electron chi connectivity index (χ3n) is 3.99. The van der Waals surface area contributed by atoms with Gasteiger partial charge >= 0.3 is 6.09 Å². The van der Waals surface area contributed by atoms with Gasteiger partial charge in [0.15, 0.2) is 6.10 Å². The first-order chi connectivity index (χ1) is 12.9. The molecule has 3 N–H and O–H groups in total. The minimum atomic E-state index is -1.56. The number of hydrogen-bond acceptors (Lipinski definition) is 6. The molecule has 3 amide bonds. The second-order valence-corrected chi connectivity index (χ2v) is 7.67. The van der Waals surface area contributed by atoms with E-state index in [4.69, 9.17) is 0 Å². The molecule has 1 aromatic rings. The molecule has 158 valence electrons. The van der Waals surface area contributed by atoms with Gasteiger partial charge in [-0.25, -0.2) is 4.79 Å². The number of amides is 3. The minimum absolute atomic E-state index is 0. The van der Waals surface area contributed by atoms with Crippen LogP contribution >= 0.6 is 24.2 Å². The summed E-state index contributed by atoms with van der Waals surface area (Å²) in [7, 11) is 1.20. The van der Waals surface area contributed by atoms with E-state index in [1.54, 1.807) is 6.92 Å². The topological polar surface area (TPSA) is 105 Å². The van der Waals surface area contributed by atoms with Gasteiger partial charge in [-0.05, 0) is 24.2 Å². The van der Waals surface area contributed by atoms with Gasteiger partial charge in [0, 0.05) is 11.7 Å². The van der Waals surface area contributed by atoms with Crippen molar-refractivity contribution in [1.82, 2.24) is 10.6 Å². The van der Waals surface area contributed by atoms with Gasteiger partial charge in [0.2, 0.25) is 5.91 Å². The summed E-state index contributed by atoms with van der Waals surface area (Å²) < 4.78 is 4.55. The number of alkyl carbamates (subject to hydrolysis) is 1. The van der Waals surface area contributed by atoms with Crippen molar-refractivity contribution in [3.8, 4) is 0 Å². The number of aliphatic hydroxyl groups is 1. The van der Waals surface area contributed by atoms with Gasteiger partial charge in [-0.15, -0.1) is 12.4 Å². The summed E-state index contributed by atoms with van der Waals surface area (Å²) >= 11 is 1.47. The Morgan fingerprint density at radius 3 is 2.43 bits per heavy atom. The first-order valence-corrected chi connectivity index (χ1v) is 9.95. The lowest BCUT2D eigenvalue weighted by atomic mass is 10.1. The molecule has 0 bridgehead atoms. The Balaban J connectivity index is 0.00000729. The number of carbonyl (C=O) groups excluding carboxylic acids is 3. The van der Waals surface area contributed by atoms with Crippen molar-refractivity contribution in [2.24, 2.45) is 0 Å². The fraction of sp³-hybridized carbons (Fsp3) is 0.526. The van der Waals surface area contributed by atoms with Gasteiger partial charge in [-0.2, -0.15) is 11.8 Å². The molecule has 2 unspecified atom stereocenters. The van der Waals surface area contributed by atoms with E-state index in [1.807, 2.05) is 37.3 Å². The number of methoxy groups -OCH3 is 1. The Bertz CT molecular complexity index is 618. The van der Waals surface area contributed by atoms with Crippen LogP contribution in [0, 0.1) is 0 Å². The van der Waals surface area contributed by atoms with Gasteiger partial charge < -0.3 is 15.2 Å². The maximum Gasteiger partial charge on any atom is 0.407 e. The summed E-state index contributed by atoms with van der Waals surface area (Å²) in [5.74, 6) is -0.542. The molecule has 0 aliphatic carbocycles. The van der Waals surface area contributed by atoms with Gasteiger partial charge in [0.25, 0.3) is 5.91 Å². The van der Waals surface area contributed by atoms with Gasteiger partial charge in [0.05, 0.1) is 13.2 Å². The Morgan fingerprint density at radius 1 is 1.21 bits per heavy atom. The summed E-state index contributed by atoms with van der Waals surface area (Å²) in [6.45, 7) is 3.71. The van der Waals surface area contributed by atoms with Gasteiger partial charge in [-0.3, -0.25) is 14.9 Å². The summed E-state index contributed by atoms with van der Waals surface area (Å²) in [4.78, 5) is 35.7. The average Bonchev–Trinajstić information content (AvgIpc) is 2.66. The van der Waals surface area contributed by atoms with Crippen molar-refractivity contribution in [3.63, 3.8) is 0 Å². The predicted octanol–water partition coefficient (Wildman–Crippen LogP) is 2.30. The standard InChI is InChI=1S/C19H28N2O5S.ClH/c1-4-27-13(2)16(21-19(25)26-3)17(23)18(24)20-15(22)12-8-11-14-9-6-5-7-10-14;/h5-7,9-10,13,16-17,23H,4,8,11-12H2,1-3H3,(H,21,25)(H,20,22,24);1H/t13?,16-,17?;/m0./s1. The van der Waals surface area contributed by atoms with Gasteiger partial charge in [-0.1, -0.05) is 44.2 Å². The zero-order valence-corrected chi connectivity index (χ0v) is 18.0. The van der Waals surface area contributed by atoms with E-state index in [2.05, 4.69) is 15.4 Å². The Labute approximate surface area is 176 Å². The number of hydrogen-bond donors (Lipinski definition) is 3. The molecule has 0 aliphatic rings. The molecule has 0 fully saturated rings. The monoisotopic (exact) mass is 432 g/mol. The number of rotatable bonds is 10. The summed E-state index contributed by atoms with van der Waals surface area (Å²) in [5.41, 5.74) is 1.12. The number of halogens is 1. The molecule has 0 saturated heterocycles. The van der Waals surface area contributed by atoms with Crippen LogP contribution in [0.5, 0.6) is 0 Å². The van der Waals surface area contributed by atoms with Crippen LogP contribution in [-0.2, 0) is 20.7 Å². The number of carbonyl (C=O) groups is 3. The molecule has 0 saturated carbocycles. The Hall–Kier alpha value is -1.77. The highest BCUT2D eigenvalue weighted by molar-refractivity contribution is 7.99. The van der Waals surface area contributed by atoms with Gasteiger partial charge in [0.1, 0.15) is 0 Å². The highest BCUT2D eigenvalue weighted by atomic mass is 35.5. The van der Waals surface area contributed by atoms with Crippen LogP contribution in [0.25, 0.3) is 0 Å². The summed E-state index contributed by atoms with van der Waals surface area (Å²) in [6, 6.07) is 8.86. The van der Waals surface area contributed by atoms with E-state index in [9.17, 15) is 19.5 Å². The lowest BCUT2D eigenvalue weighted by molar-refractivity contribution is -0.136. The molecule has 0 heterocycles. The van der Waals surface area contributed by atoms with Crippen LogP contribution in [0.3, 0.4) is 0 Å². The lowest BCUT2D eigenvalue weighted by Crippen LogP contribution is -2.55. The number of thioether (sulfide) groups is 1. The molecule has 28 heavy (non-hydrogen) atoms. The predicted molar refractivity (Wildman–Crippen MR) is 113 cm³/mol. The average molecular weight is 433 g/mol. The van der Waals surface area contributed by atoms with Crippen molar-refractivity contribution in [2.75, 3.05) is 12.9 Å². The van der Waals surface area contributed by atoms with E-state index >= 15 is 0 Å². The molecule has 0 aromatic heterocycles. The fourth-order valence-corrected chi connectivity index (χ4v) is 3.50. The molecule has 9 heteroatoms. The zero-order valence-electron chi connectivity index (χ0n) is 16.3. The largest absolute Gasteiger partial charge is 0.453 e. The molecule has 0 radical (unpaired) electrons. The molecule has 7 nitrogen and oxygen atoms in total. The van der Waals surface area contributed by atoms with Crippen LogP contribution in [-0.4, -0.2) is 53.3 Å². The van der Waals surface area contributed by atoms with Crippen molar-refractivity contribution in [1.29, 1.82) is 0 Å². The second-order valence-electron chi connectivity index (χ2n) is 6.02. The highest BCUT2D eigenvalue weighted by Crippen LogP contribution is 2.17. The molecular formula is C19H29ClN2O5S. The van der Waals surface area contributed by atoms with E-state index in [1.165, 1.54) is 18.9 Å². The van der Waals surface area contributed by atoms with Crippen LogP contribution in [0.4, 0.5) is 4.79 Å². The van der Waals surface area contributed by atoms with E-state index in [-0.39, 0.29) is 24.1 Å². The van der Waals surface area contributed by atoms with Crippen molar-refractivity contribution in [3.05, 3.63) is 35.9 Å². The van der Waals surface area contributed by atoms with Crippen LogP contribution in [0.2, 0.25) is 0 Å². The van der Waals surface area contributed by atoms with Crippen molar-refractivity contribution >= 4 is 42.1 Å². The van der Waals surface area contributed by atoms with E-state index in [0.29, 0.717) is 6.42 Å². The van der Waals surface area contributed by atoms with Crippen molar-refractivity contribution in [2.45, 2.75) is 50.5 Å². The van der Waals surface area contributed by atoms with Crippen LogP contribution in [0.1, 0.15) is 32.3 Å². The molecule has 1 rings (SSSR count). The van der Waals surface area contributed by atoms with E-state index in [0.717, 1.165) is 17.7 Å². The van der Waals surface area contributed by atoms with E-state index < -0.39 is 30.1 Å². The maximum absolute atomic E-state index is 12.2. The number of aliphatic hydroxyl groups excluding tert-OH is 1. The summed E-state index contributed by atoms with van der Waals surface area (Å²) in [6.07, 6.45) is -0.824. The quantitative estimate of drug-likeness (QED) is 0.524. The molecule has 0 spiro atoms. The number of benzene rings is 1. The molecule has 3 atom stereocenters. The molecule has 1 aromatic carbocycles. The highest BCUT2D eigenvalue weighted by Gasteiger charge is 2.33. The molecule has 0 aliphatic heterocycles. The van der Waals surface area contributed by atoms with Crippen molar-refractivity contribution < 1.29 is 24.2 Å². The SMILES string of the molecule is CCSC(C)[C@H](NC(=O)OC)C(O)C(=O)NC(=O)CCCc1ccccc1.Cl. The molecular weight excluding hydrogens is 404 g/mol. The normalized spacial score (nSPS) is 13.4. The Kier molecular flexibility index (Phi) is 13.4. The second kappa shape index (κ2) is 14.3. The number of ether oxygens (including phenoxy) is 1. The fourth-order valence-electron chi connectivity index (χ4n) is 2.55. The number of nitrogens with one attached hydrogen (secondary N) is 2. The third kappa shape index (κ3) is 9.43. The third-order valence-corrected chi connectivity index (χ3v) is 5.14. The minimum Gasteiger partial charge on any atom is -0.453 e. The Morgan fingerprint density at radius 2 is 1.86 bits per heavy atom. The van der Waals surface area contributed by atoms with Crippen LogP contribution < -0.4 is 10.6 Å². The smallest absolute Gasteiger partial charge is 0.407 e. The lowest BCUT2D eigenvalue weighted by Gasteiger charge is -2.27. The first kappa shape index (κ1) is 26.2. The summed E-state index contributed by atoms with van der Waals surface area (Å²) in [5, 5.41) is 14.7. The number of aryl methyl sites for hydroxylation is 1. The first-order valence-electron chi connectivity index (χ1n) is 8.90. The maximum atomic E-state index is 12.2.